The van der Waals surface area contributed by atoms with Gasteiger partial charge >= 0.3 is 0 Å². The Kier molecular flexibility index (Phi) is 6.43. The molecule has 0 amide bonds. The Hall–Kier alpha value is -3.45. The molecule has 31 heavy (non-hydrogen) atoms. The SMILES string of the molecule is O=C(Cc1ncc2c(c1F)CN=C2OCc1ccncc1)C[C@H](CO)c1ccccc1. The van der Waals surface area contributed by atoms with Gasteiger partial charge in [0.1, 0.15) is 12.4 Å². The largest absolute Gasteiger partial charge is 0.473 e. The number of ether oxygens (including phenoxy) is 1. The smallest absolute Gasteiger partial charge is 0.218 e. The first kappa shape index (κ1) is 20.8. The highest BCUT2D eigenvalue weighted by molar-refractivity contribution is 5.97. The molecule has 1 aliphatic heterocycles. The minimum atomic E-state index is -0.516. The molecule has 7 heteroatoms. The normalized spacial score (nSPS) is 13.4. The van der Waals surface area contributed by atoms with E-state index in [0.29, 0.717) is 23.6 Å². The van der Waals surface area contributed by atoms with Gasteiger partial charge in [0.05, 0.1) is 30.8 Å². The molecule has 1 aromatic carbocycles. The number of Topliss-reactive ketones (excluding diaryl/α,β-unsaturated/α-hetero) is 1. The number of carbonyl (C=O) groups excluding carboxylic acids is 1. The van der Waals surface area contributed by atoms with Crippen molar-refractivity contribution < 1.29 is 19.0 Å². The van der Waals surface area contributed by atoms with Crippen molar-refractivity contribution in [2.45, 2.75) is 31.9 Å². The Morgan fingerprint density at radius 1 is 1.16 bits per heavy atom. The molecule has 2 aromatic heterocycles. The van der Waals surface area contributed by atoms with E-state index in [1.165, 1.54) is 6.20 Å². The Morgan fingerprint density at radius 2 is 1.94 bits per heavy atom. The monoisotopic (exact) mass is 419 g/mol. The van der Waals surface area contributed by atoms with Crippen molar-refractivity contribution in [3.63, 3.8) is 0 Å². The summed E-state index contributed by atoms with van der Waals surface area (Å²) in [4.78, 5) is 25.0. The van der Waals surface area contributed by atoms with Crippen molar-refractivity contribution in [1.82, 2.24) is 9.97 Å². The second-order valence-electron chi connectivity index (χ2n) is 7.39. The summed E-state index contributed by atoms with van der Waals surface area (Å²) < 4.78 is 20.7. The molecule has 0 aliphatic carbocycles. The zero-order chi connectivity index (χ0) is 21.6. The second-order valence-corrected chi connectivity index (χ2v) is 7.39. The fourth-order valence-electron chi connectivity index (χ4n) is 3.57. The number of aliphatic hydroxyl groups is 1. The van der Waals surface area contributed by atoms with Crippen LogP contribution in [0.1, 0.15) is 40.3 Å². The molecular weight excluding hydrogens is 397 g/mol. The van der Waals surface area contributed by atoms with Crippen molar-refractivity contribution in [3.8, 4) is 0 Å². The number of hydrogen-bond donors (Lipinski definition) is 1. The van der Waals surface area contributed by atoms with Gasteiger partial charge in [-0.1, -0.05) is 30.3 Å². The number of halogens is 1. The van der Waals surface area contributed by atoms with Crippen LogP contribution in [0.25, 0.3) is 0 Å². The molecule has 4 rings (SSSR count). The fourth-order valence-corrected chi connectivity index (χ4v) is 3.57. The van der Waals surface area contributed by atoms with Crippen LogP contribution in [-0.2, 0) is 29.1 Å². The summed E-state index contributed by atoms with van der Waals surface area (Å²) in [7, 11) is 0. The Bertz CT molecular complexity index is 1090. The predicted molar refractivity (Wildman–Crippen MR) is 113 cm³/mol. The summed E-state index contributed by atoms with van der Waals surface area (Å²) in [6, 6.07) is 13.0. The van der Waals surface area contributed by atoms with Gasteiger partial charge in [0.25, 0.3) is 0 Å². The Labute approximate surface area is 179 Å². The molecule has 158 valence electrons. The van der Waals surface area contributed by atoms with Crippen molar-refractivity contribution in [3.05, 3.63) is 94.8 Å². The number of nitrogens with zero attached hydrogens (tertiary/aromatic N) is 3. The summed E-state index contributed by atoms with van der Waals surface area (Å²) in [5.41, 5.74) is 2.81. The van der Waals surface area contributed by atoms with Crippen LogP contribution in [0.15, 0.2) is 66.0 Å². The second kappa shape index (κ2) is 9.57. The van der Waals surface area contributed by atoms with Crippen LogP contribution in [0.4, 0.5) is 4.39 Å². The average molecular weight is 419 g/mol. The third-order valence-corrected chi connectivity index (χ3v) is 5.26. The lowest BCUT2D eigenvalue weighted by atomic mass is 9.93. The lowest BCUT2D eigenvalue weighted by Gasteiger charge is -2.14. The predicted octanol–water partition coefficient (Wildman–Crippen LogP) is 3.37. The lowest BCUT2D eigenvalue weighted by Crippen LogP contribution is -2.15. The van der Waals surface area contributed by atoms with E-state index in [-0.39, 0.29) is 43.4 Å². The molecule has 1 aliphatic rings. The highest BCUT2D eigenvalue weighted by Crippen LogP contribution is 2.26. The van der Waals surface area contributed by atoms with Crippen LogP contribution < -0.4 is 0 Å². The fraction of sp³-hybridized carbons (Fsp3) is 0.250. The summed E-state index contributed by atoms with van der Waals surface area (Å²) in [5.74, 6) is -0.664. The van der Waals surface area contributed by atoms with Crippen LogP contribution >= 0.6 is 0 Å². The van der Waals surface area contributed by atoms with Crippen LogP contribution in [0.5, 0.6) is 0 Å². The molecule has 0 saturated carbocycles. The number of rotatable bonds is 8. The molecule has 0 unspecified atom stereocenters. The van der Waals surface area contributed by atoms with E-state index < -0.39 is 5.82 Å². The number of pyridine rings is 2. The highest BCUT2D eigenvalue weighted by Gasteiger charge is 2.25. The topological polar surface area (TPSA) is 84.7 Å². The minimum Gasteiger partial charge on any atom is -0.473 e. The van der Waals surface area contributed by atoms with Gasteiger partial charge in [-0.15, -0.1) is 0 Å². The molecule has 6 nitrogen and oxygen atoms in total. The maximum Gasteiger partial charge on any atom is 0.218 e. The van der Waals surface area contributed by atoms with Gasteiger partial charge in [-0.2, -0.15) is 0 Å². The van der Waals surface area contributed by atoms with Crippen molar-refractivity contribution >= 4 is 11.7 Å². The highest BCUT2D eigenvalue weighted by atomic mass is 19.1. The number of ketones is 1. The molecule has 3 heterocycles. The summed E-state index contributed by atoms with van der Waals surface area (Å²) in [6.07, 6.45) is 4.85. The van der Waals surface area contributed by atoms with E-state index in [1.54, 1.807) is 12.4 Å². The maximum atomic E-state index is 15.0. The van der Waals surface area contributed by atoms with Crippen LogP contribution in [0.2, 0.25) is 0 Å². The van der Waals surface area contributed by atoms with E-state index in [0.717, 1.165) is 11.1 Å². The molecule has 0 radical (unpaired) electrons. The number of fused-ring (bicyclic) bond motifs is 1. The van der Waals surface area contributed by atoms with Crippen LogP contribution in [0.3, 0.4) is 0 Å². The van der Waals surface area contributed by atoms with E-state index in [9.17, 15) is 9.90 Å². The van der Waals surface area contributed by atoms with E-state index in [4.69, 9.17) is 4.74 Å². The lowest BCUT2D eigenvalue weighted by molar-refractivity contribution is -0.119. The van der Waals surface area contributed by atoms with Crippen LogP contribution in [0, 0.1) is 5.82 Å². The third-order valence-electron chi connectivity index (χ3n) is 5.26. The summed E-state index contributed by atoms with van der Waals surface area (Å²) >= 11 is 0. The van der Waals surface area contributed by atoms with E-state index in [2.05, 4.69) is 15.0 Å². The average Bonchev–Trinajstić information content (AvgIpc) is 3.23. The minimum absolute atomic E-state index is 0.0964. The van der Waals surface area contributed by atoms with Gasteiger partial charge < -0.3 is 9.84 Å². The standard InChI is InChI=1S/C24H22FN3O3/c25-23-20-12-28-24(31-15-16-6-8-26-9-7-16)21(20)13-27-22(23)11-19(30)10-18(14-29)17-4-2-1-3-5-17/h1-9,13,18,29H,10-12,14-15H2/t18-/m1/s1. The molecule has 1 N–H and O–H groups in total. The first-order valence-electron chi connectivity index (χ1n) is 10.1. The van der Waals surface area contributed by atoms with E-state index >= 15 is 4.39 Å². The van der Waals surface area contributed by atoms with Crippen molar-refractivity contribution in [2.75, 3.05) is 6.61 Å². The van der Waals surface area contributed by atoms with Gasteiger partial charge in [0, 0.05) is 36.5 Å². The van der Waals surface area contributed by atoms with Crippen molar-refractivity contribution in [1.29, 1.82) is 0 Å². The number of aliphatic hydroxyl groups excluding tert-OH is 1. The van der Waals surface area contributed by atoms with E-state index in [1.807, 2.05) is 42.5 Å². The Balaban J connectivity index is 1.41. The number of benzene rings is 1. The maximum absolute atomic E-state index is 15.0. The van der Waals surface area contributed by atoms with Crippen LogP contribution in [-0.4, -0.2) is 33.4 Å². The quantitative estimate of drug-likeness (QED) is 0.605. The first-order chi connectivity index (χ1) is 15.2. The van der Waals surface area contributed by atoms with Gasteiger partial charge in [0.2, 0.25) is 5.90 Å². The number of hydrogen-bond acceptors (Lipinski definition) is 6. The molecule has 0 bridgehead atoms. The van der Waals surface area contributed by atoms with Gasteiger partial charge in [0.15, 0.2) is 5.82 Å². The number of aromatic nitrogens is 2. The van der Waals surface area contributed by atoms with Gasteiger partial charge in [-0.05, 0) is 23.3 Å². The molecule has 0 fully saturated rings. The van der Waals surface area contributed by atoms with Crippen molar-refractivity contribution in [2.24, 2.45) is 4.99 Å². The number of carbonyl (C=O) groups is 1. The van der Waals surface area contributed by atoms with Gasteiger partial charge in [-0.3, -0.25) is 14.8 Å². The summed E-state index contributed by atoms with van der Waals surface area (Å²) in [6.45, 7) is 0.298. The molecule has 0 saturated heterocycles. The zero-order valence-corrected chi connectivity index (χ0v) is 16.9. The number of aliphatic imine (C=N–C) groups is 1. The zero-order valence-electron chi connectivity index (χ0n) is 16.9. The molecule has 3 aromatic rings. The summed E-state index contributed by atoms with van der Waals surface area (Å²) in [5, 5.41) is 9.66. The van der Waals surface area contributed by atoms with Gasteiger partial charge in [-0.25, -0.2) is 9.38 Å². The Morgan fingerprint density at radius 3 is 2.68 bits per heavy atom. The molecule has 0 spiro atoms. The third kappa shape index (κ3) is 4.83. The molecule has 1 atom stereocenters. The molecular formula is C24H22FN3O3. The first-order valence-corrected chi connectivity index (χ1v) is 10.1.